The van der Waals surface area contributed by atoms with E-state index in [1.807, 2.05) is 0 Å². The Balaban J connectivity index is 3.04. The van der Waals surface area contributed by atoms with Gasteiger partial charge in [-0.05, 0) is 17.7 Å². The van der Waals surface area contributed by atoms with Gasteiger partial charge >= 0.3 is 0 Å². The molecule has 0 amide bonds. The predicted molar refractivity (Wildman–Crippen MR) is 58.2 cm³/mol. The van der Waals surface area contributed by atoms with E-state index in [2.05, 4.69) is 0 Å². The summed E-state index contributed by atoms with van der Waals surface area (Å²) in [4.78, 5) is -0.104. The maximum atomic E-state index is 12.1. The van der Waals surface area contributed by atoms with Gasteiger partial charge in [-0.1, -0.05) is 12.1 Å². The summed E-state index contributed by atoms with van der Waals surface area (Å²) < 4.78 is 48.5. The van der Waals surface area contributed by atoms with E-state index in [9.17, 15) is 17.2 Å². The van der Waals surface area contributed by atoms with Crippen LogP contribution in [0.3, 0.4) is 0 Å². The molecule has 7 heteroatoms. The van der Waals surface area contributed by atoms with Crippen LogP contribution in [-0.2, 0) is 16.6 Å². The van der Waals surface area contributed by atoms with Gasteiger partial charge in [0.25, 0.3) is 6.43 Å². The second-order valence-electron chi connectivity index (χ2n) is 3.48. The quantitative estimate of drug-likeness (QED) is 0.866. The van der Waals surface area contributed by atoms with Gasteiger partial charge in [-0.2, -0.15) is 4.31 Å². The van der Waals surface area contributed by atoms with E-state index in [4.69, 9.17) is 5.11 Å². The van der Waals surface area contributed by atoms with Crippen molar-refractivity contribution in [2.75, 3.05) is 13.6 Å². The summed E-state index contributed by atoms with van der Waals surface area (Å²) in [5.41, 5.74) is 0.413. The maximum Gasteiger partial charge on any atom is 0.252 e. The average Bonchev–Trinajstić information content (AvgIpc) is 2.28. The number of hydrogen-bond acceptors (Lipinski definition) is 3. The number of aliphatic hydroxyl groups is 1. The van der Waals surface area contributed by atoms with Crippen LogP contribution < -0.4 is 0 Å². The Labute approximate surface area is 98.5 Å². The number of benzene rings is 1. The minimum Gasteiger partial charge on any atom is -0.392 e. The Morgan fingerprint density at radius 1 is 1.41 bits per heavy atom. The molecule has 0 atom stereocenters. The smallest absolute Gasteiger partial charge is 0.252 e. The third-order valence-electron chi connectivity index (χ3n) is 2.18. The van der Waals surface area contributed by atoms with Crippen molar-refractivity contribution in [1.29, 1.82) is 0 Å². The zero-order valence-corrected chi connectivity index (χ0v) is 9.99. The minimum atomic E-state index is -3.92. The third-order valence-corrected chi connectivity index (χ3v) is 4.00. The van der Waals surface area contributed by atoms with Crippen molar-refractivity contribution in [2.24, 2.45) is 0 Å². The van der Waals surface area contributed by atoms with E-state index < -0.39 is 23.0 Å². The van der Waals surface area contributed by atoms with E-state index in [1.165, 1.54) is 18.2 Å². The Hall–Kier alpha value is -1.05. The first-order chi connectivity index (χ1) is 7.87. The van der Waals surface area contributed by atoms with Gasteiger partial charge in [0.2, 0.25) is 10.0 Å². The van der Waals surface area contributed by atoms with Crippen molar-refractivity contribution in [3.8, 4) is 0 Å². The highest BCUT2D eigenvalue weighted by Gasteiger charge is 2.23. The van der Waals surface area contributed by atoms with Crippen molar-refractivity contribution in [1.82, 2.24) is 4.31 Å². The molecule has 1 rings (SSSR count). The lowest BCUT2D eigenvalue weighted by Crippen LogP contribution is -2.31. The maximum absolute atomic E-state index is 12.1. The van der Waals surface area contributed by atoms with Crippen LogP contribution in [0.1, 0.15) is 5.56 Å². The molecular weight excluding hydrogens is 252 g/mol. The molecule has 0 saturated heterocycles. The summed E-state index contributed by atoms with van der Waals surface area (Å²) in [5.74, 6) is 0. The first-order valence-corrected chi connectivity index (χ1v) is 6.26. The average molecular weight is 265 g/mol. The summed E-state index contributed by atoms with van der Waals surface area (Å²) in [6, 6.07) is 5.56. The van der Waals surface area contributed by atoms with Gasteiger partial charge in [0.15, 0.2) is 0 Å². The van der Waals surface area contributed by atoms with E-state index >= 15 is 0 Å². The molecule has 0 aromatic heterocycles. The highest BCUT2D eigenvalue weighted by atomic mass is 32.2. The normalized spacial score (nSPS) is 12.4. The van der Waals surface area contributed by atoms with Gasteiger partial charge in [-0.3, -0.25) is 0 Å². The molecule has 0 fully saturated rings. The second-order valence-corrected chi connectivity index (χ2v) is 5.53. The number of rotatable bonds is 5. The number of sulfonamides is 1. The van der Waals surface area contributed by atoms with E-state index in [0.29, 0.717) is 9.87 Å². The van der Waals surface area contributed by atoms with Crippen molar-refractivity contribution in [3.63, 3.8) is 0 Å². The molecule has 96 valence electrons. The first kappa shape index (κ1) is 14.0. The topological polar surface area (TPSA) is 57.6 Å². The highest BCUT2D eigenvalue weighted by Crippen LogP contribution is 2.16. The fraction of sp³-hybridized carbons (Fsp3) is 0.400. The summed E-state index contributed by atoms with van der Waals surface area (Å²) in [5, 5.41) is 8.88. The summed E-state index contributed by atoms with van der Waals surface area (Å²) in [6.07, 6.45) is -2.73. The van der Waals surface area contributed by atoms with Gasteiger partial charge in [0.05, 0.1) is 18.0 Å². The zero-order valence-electron chi connectivity index (χ0n) is 9.18. The number of hydrogen-bond donors (Lipinski definition) is 1. The molecule has 1 N–H and O–H groups in total. The lowest BCUT2D eigenvalue weighted by Gasteiger charge is -2.16. The van der Waals surface area contributed by atoms with Crippen LogP contribution in [0.4, 0.5) is 8.78 Å². The van der Waals surface area contributed by atoms with Crippen LogP contribution in [0.25, 0.3) is 0 Å². The fourth-order valence-corrected chi connectivity index (χ4v) is 2.50. The molecule has 0 bridgehead atoms. The largest absolute Gasteiger partial charge is 0.392 e. The molecule has 0 heterocycles. The number of nitrogens with zero attached hydrogens (tertiary/aromatic N) is 1. The SMILES string of the molecule is CN(CC(F)F)S(=O)(=O)c1cccc(CO)c1. The summed E-state index contributed by atoms with van der Waals surface area (Å²) in [6.45, 7) is -1.16. The Kier molecular flexibility index (Phi) is 4.55. The zero-order chi connectivity index (χ0) is 13.1. The molecule has 0 radical (unpaired) electrons. The third kappa shape index (κ3) is 3.45. The van der Waals surface area contributed by atoms with Crippen LogP contribution >= 0.6 is 0 Å². The molecule has 0 aliphatic carbocycles. The Morgan fingerprint density at radius 3 is 2.59 bits per heavy atom. The Morgan fingerprint density at radius 2 is 2.06 bits per heavy atom. The van der Waals surface area contributed by atoms with Crippen molar-refractivity contribution in [2.45, 2.75) is 17.9 Å². The van der Waals surface area contributed by atoms with Crippen LogP contribution in [-0.4, -0.2) is 37.8 Å². The molecule has 0 unspecified atom stereocenters. The molecule has 0 spiro atoms. The van der Waals surface area contributed by atoms with Gasteiger partial charge in [0.1, 0.15) is 0 Å². The Bertz CT molecular complexity index is 476. The molecule has 1 aromatic carbocycles. The first-order valence-electron chi connectivity index (χ1n) is 4.82. The minimum absolute atomic E-state index is 0.104. The number of aliphatic hydroxyl groups excluding tert-OH is 1. The van der Waals surface area contributed by atoms with Crippen LogP contribution in [0, 0.1) is 0 Å². The van der Waals surface area contributed by atoms with Crippen LogP contribution in [0.5, 0.6) is 0 Å². The predicted octanol–water partition coefficient (Wildman–Crippen LogP) is 1.06. The molecule has 17 heavy (non-hydrogen) atoms. The highest BCUT2D eigenvalue weighted by molar-refractivity contribution is 7.89. The van der Waals surface area contributed by atoms with Crippen molar-refractivity contribution in [3.05, 3.63) is 29.8 Å². The molecule has 0 aliphatic rings. The van der Waals surface area contributed by atoms with Crippen LogP contribution in [0.15, 0.2) is 29.2 Å². The van der Waals surface area contributed by atoms with E-state index in [-0.39, 0.29) is 11.5 Å². The van der Waals surface area contributed by atoms with Crippen molar-refractivity contribution >= 4 is 10.0 Å². The second kappa shape index (κ2) is 5.52. The van der Waals surface area contributed by atoms with E-state index in [0.717, 1.165) is 7.05 Å². The molecule has 0 saturated carbocycles. The summed E-state index contributed by atoms with van der Waals surface area (Å²) in [7, 11) is -2.83. The van der Waals surface area contributed by atoms with Gasteiger partial charge in [0, 0.05) is 7.05 Å². The van der Waals surface area contributed by atoms with E-state index in [1.54, 1.807) is 6.07 Å². The lowest BCUT2D eigenvalue weighted by molar-refractivity contribution is 0.126. The van der Waals surface area contributed by atoms with Gasteiger partial charge < -0.3 is 5.11 Å². The molecule has 4 nitrogen and oxygen atoms in total. The van der Waals surface area contributed by atoms with Crippen molar-refractivity contribution < 1.29 is 22.3 Å². The van der Waals surface area contributed by atoms with Gasteiger partial charge in [-0.15, -0.1) is 0 Å². The van der Waals surface area contributed by atoms with Gasteiger partial charge in [-0.25, -0.2) is 17.2 Å². The number of halogens is 2. The monoisotopic (exact) mass is 265 g/mol. The fourth-order valence-electron chi connectivity index (χ4n) is 1.28. The standard InChI is InChI=1S/C10H13F2NO3S/c1-13(6-10(11)12)17(15,16)9-4-2-3-8(5-9)7-14/h2-5,10,14H,6-7H2,1H3. The summed E-state index contributed by atoms with van der Waals surface area (Å²) >= 11 is 0. The molecular formula is C10H13F2NO3S. The molecule has 1 aromatic rings. The lowest BCUT2D eigenvalue weighted by atomic mass is 10.2. The molecule has 0 aliphatic heterocycles. The van der Waals surface area contributed by atoms with Crippen LogP contribution in [0.2, 0.25) is 0 Å². The number of alkyl halides is 2.